The summed E-state index contributed by atoms with van der Waals surface area (Å²) in [4.78, 5) is 42.7. The number of guanidine groups is 1. The molecule has 3 unspecified atom stereocenters. The van der Waals surface area contributed by atoms with E-state index in [4.69, 9.17) is 16.3 Å². The second-order valence-electron chi connectivity index (χ2n) is 11.7. The van der Waals surface area contributed by atoms with Crippen molar-refractivity contribution in [2.24, 2.45) is 39.3 Å². The number of urea groups is 1. The molecule has 0 aromatic rings. The molecular formula is C25H44N6O5. The Kier molecular flexibility index (Phi) is 8.94. The quantitative estimate of drug-likeness (QED) is 0.107. The van der Waals surface area contributed by atoms with Gasteiger partial charge < -0.3 is 37.4 Å². The minimum absolute atomic E-state index is 0.0452. The molecule has 3 fully saturated rings. The molecule has 0 radical (unpaired) electrons. The number of rotatable bonds is 11. The molecule has 3 aliphatic carbocycles. The highest BCUT2D eigenvalue weighted by Crippen LogP contribution is 2.65. The summed E-state index contributed by atoms with van der Waals surface area (Å²) in [7, 11) is 0. The van der Waals surface area contributed by atoms with Gasteiger partial charge in [-0.05, 0) is 53.5 Å². The molecule has 0 spiro atoms. The van der Waals surface area contributed by atoms with Crippen molar-refractivity contribution in [3.8, 4) is 0 Å². The molecule has 0 heterocycles. The Morgan fingerprint density at radius 2 is 1.72 bits per heavy atom. The average molecular weight is 509 g/mol. The Balaban J connectivity index is 1.62. The third-order valence-electron chi connectivity index (χ3n) is 9.16. The van der Waals surface area contributed by atoms with E-state index >= 15 is 0 Å². The third kappa shape index (κ3) is 6.53. The summed E-state index contributed by atoms with van der Waals surface area (Å²) in [5.41, 5.74) is 10.7. The number of carboxylic acids is 1. The highest BCUT2D eigenvalue weighted by molar-refractivity contribution is 5.89. The van der Waals surface area contributed by atoms with Crippen LogP contribution in [0.1, 0.15) is 85.0 Å². The molecule has 204 valence electrons. The van der Waals surface area contributed by atoms with Crippen LogP contribution in [0.3, 0.4) is 0 Å². The number of nitrogens with zero attached hydrogens (tertiary/aromatic N) is 1. The maximum absolute atomic E-state index is 13.5. The maximum atomic E-state index is 13.5. The summed E-state index contributed by atoms with van der Waals surface area (Å²) in [6.07, 6.45) is 9.22. The normalized spacial score (nSPS) is 28.5. The molecule has 5 atom stereocenters. The molecule has 0 aromatic carbocycles. The Morgan fingerprint density at radius 1 is 1.06 bits per heavy atom. The summed E-state index contributed by atoms with van der Waals surface area (Å²) in [6.45, 7) is 6.81. The summed E-state index contributed by atoms with van der Waals surface area (Å²) in [5.74, 6) is -0.916. The molecule has 0 aromatic heterocycles. The summed E-state index contributed by atoms with van der Waals surface area (Å²) >= 11 is 0. The first-order valence-electron chi connectivity index (χ1n) is 13.2. The molecule has 11 nitrogen and oxygen atoms in total. The van der Waals surface area contributed by atoms with Crippen LogP contribution in [0.15, 0.2) is 5.16 Å². The molecule has 36 heavy (non-hydrogen) atoms. The molecule has 3 aliphatic rings. The van der Waals surface area contributed by atoms with Gasteiger partial charge in [-0.25, -0.2) is 9.59 Å². The summed E-state index contributed by atoms with van der Waals surface area (Å²) in [5, 5.41) is 21.3. The zero-order valence-corrected chi connectivity index (χ0v) is 21.8. The van der Waals surface area contributed by atoms with Crippen LogP contribution in [0.2, 0.25) is 0 Å². The number of fused-ring (bicyclic) bond motifs is 2. The third-order valence-corrected chi connectivity index (χ3v) is 9.16. The van der Waals surface area contributed by atoms with Crippen molar-refractivity contribution in [3.05, 3.63) is 0 Å². The number of carboxylic acid groups (broad SMARTS) is 1. The Labute approximate surface area is 213 Å². The molecule has 8 N–H and O–H groups in total. The fourth-order valence-electron chi connectivity index (χ4n) is 6.63. The number of nitrogens with two attached hydrogens (primary N) is 2. The summed E-state index contributed by atoms with van der Waals surface area (Å²) in [6, 6.07) is -2.55. The van der Waals surface area contributed by atoms with Crippen molar-refractivity contribution < 1.29 is 24.3 Å². The lowest BCUT2D eigenvalue weighted by atomic mass is 9.71. The smallest absolute Gasteiger partial charge is 0.326 e. The number of nitrogens with one attached hydrogen (secondary N) is 3. The van der Waals surface area contributed by atoms with Crippen molar-refractivity contribution in [2.45, 2.75) is 103 Å². The molecule has 0 aliphatic heterocycles. The van der Waals surface area contributed by atoms with Crippen LogP contribution in [0.25, 0.3) is 0 Å². The monoisotopic (exact) mass is 508 g/mol. The van der Waals surface area contributed by atoms with Crippen molar-refractivity contribution >= 4 is 23.9 Å². The van der Waals surface area contributed by atoms with Crippen LogP contribution in [0, 0.1) is 22.7 Å². The van der Waals surface area contributed by atoms with E-state index in [1.165, 1.54) is 12.8 Å². The second kappa shape index (κ2) is 11.6. The summed E-state index contributed by atoms with van der Waals surface area (Å²) < 4.78 is 0. The first-order chi connectivity index (χ1) is 16.9. The minimum atomic E-state index is -1.22. The molecule has 0 saturated heterocycles. The van der Waals surface area contributed by atoms with Gasteiger partial charge >= 0.3 is 12.0 Å². The van der Waals surface area contributed by atoms with Crippen molar-refractivity contribution in [3.63, 3.8) is 0 Å². The van der Waals surface area contributed by atoms with E-state index in [9.17, 15) is 19.5 Å². The predicted octanol–water partition coefficient (Wildman–Crippen LogP) is 2.00. The molecule has 3 rings (SSSR count). The first-order valence-corrected chi connectivity index (χ1v) is 13.2. The van der Waals surface area contributed by atoms with Crippen LogP contribution in [0.4, 0.5) is 4.79 Å². The largest absolute Gasteiger partial charge is 0.480 e. The van der Waals surface area contributed by atoms with Crippen LogP contribution in [-0.2, 0) is 14.4 Å². The molecule has 3 saturated carbocycles. The van der Waals surface area contributed by atoms with E-state index < -0.39 is 24.1 Å². The van der Waals surface area contributed by atoms with Gasteiger partial charge in [0.15, 0.2) is 0 Å². The molecular weight excluding hydrogens is 464 g/mol. The Hall–Kier alpha value is -2.72. The number of hydrogen-bond acceptors (Lipinski definition) is 5. The average Bonchev–Trinajstić information content (AvgIpc) is 3.14. The number of carbonyl (C=O) groups is 3. The topological polar surface area (TPSA) is 181 Å². The van der Waals surface area contributed by atoms with Crippen molar-refractivity contribution in [1.82, 2.24) is 16.0 Å². The van der Waals surface area contributed by atoms with E-state index in [0.29, 0.717) is 18.3 Å². The van der Waals surface area contributed by atoms with E-state index in [1.807, 2.05) is 0 Å². The van der Waals surface area contributed by atoms with Gasteiger partial charge in [-0.15, -0.1) is 0 Å². The van der Waals surface area contributed by atoms with E-state index in [2.05, 4.69) is 41.9 Å². The Morgan fingerprint density at radius 3 is 2.28 bits per heavy atom. The van der Waals surface area contributed by atoms with E-state index in [1.54, 1.807) is 0 Å². The first kappa shape index (κ1) is 27.9. The number of carbonyl (C=O) groups excluding carboxylic acids is 2. The van der Waals surface area contributed by atoms with Crippen molar-refractivity contribution in [2.75, 3.05) is 6.61 Å². The minimum Gasteiger partial charge on any atom is -0.480 e. The van der Waals surface area contributed by atoms with Crippen LogP contribution in [0.5, 0.6) is 0 Å². The van der Waals surface area contributed by atoms with Crippen molar-refractivity contribution in [1.29, 1.82) is 0 Å². The highest BCUT2D eigenvalue weighted by Gasteiger charge is 2.60. The zero-order valence-electron chi connectivity index (χ0n) is 21.8. The van der Waals surface area contributed by atoms with Gasteiger partial charge in [0.2, 0.25) is 11.9 Å². The lowest BCUT2D eigenvalue weighted by Gasteiger charge is -2.33. The standard InChI is InChI=1S/C25H44N6O5/c1-24(2)16-9-11-25(24,3)14-19(16)28-20(32)18(13-15-7-5-4-6-8-15)30-23(35)29-17(21(33)34)10-12-36-31-22(26)27/h15-19H,4-14H2,1-3H3,(H,28,32)(H,33,34)(H4,26,27,31)(H2,29,30,35)/t16?,17-,18+,19?,25?/m0/s1. The molecule has 3 amide bonds. The van der Waals surface area contributed by atoms with E-state index in [-0.39, 0.29) is 41.8 Å². The Bertz CT molecular complexity index is 836. The fraction of sp³-hybridized carbons (Fsp3) is 0.840. The lowest BCUT2D eigenvalue weighted by Crippen LogP contribution is -2.55. The highest BCUT2D eigenvalue weighted by atomic mass is 16.6. The van der Waals surface area contributed by atoms with Crippen LogP contribution in [-0.4, -0.2) is 53.7 Å². The van der Waals surface area contributed by atoms with Gasteiger partial charge in [0.25, 0.3) is 0 Å². The number of amides is 3. The second-order valence-corrected chi connectivity index (χ2v) is 11.7. The van der Waals surface area contributed by atoms with Gasteiger partial charge in [0.05, 0.1) is 0 Å². The zero-order chi connectivity index (χ0) is 26.5. The van der Waals surface area contributed by atoms with Gasteiger partial charge in [-0.1, -0.05) is 52.9 Å². The molecule has 11 heteroatoms. The van der Waals surface area contributed by atoms with Gasteiger partial charge in [-0.3, -0.25) is 4.79 Å². The number of oxime groups is 1. The lowest BCUT2D eigenvalue weighted by molar-refractivity contribution is -0.139. The van der Waals surface area contributed by atoms with Crippen LogP contribution >= 0.6 is 0 Å². The van der Waals surface area contributed by atoms with Gasteiger partial charge in [-0.2, -0.15) is 0 Å². The number of hydrogen-bond donors (Lipinski definition) is 6. The van der Waals surface area contributed by atoms with Gasteiger partial charge in [0, 0.05) is 12.5 Å². The molecule has 2 bridgehead atoms. The number of aliphatic carboxylic acids is 1. The van der Waals surface area contributed by atoms with Gasteiger partial charge in [0.1, 0.15) is 18.7 Å². The SMILES string of the molecule is CC12CCC(C(NC(=O)[C@@H](CC3CCCCC3)NC(=O)N[C@@H](CCON=C(N)N)C(=O)O)C1)C2(C)C. The fourth-order valence-corrected chi connectivity index (χ4v) is 6.63. The maximum Gasteiger partial charge on any atom is 0.326 e. The van der Waals surface area contributed by atoms with E-state index in [0.717, 1.165) is 38.5 Å². The van der Waals surface area contributed by atoms with Crippen LogP contribution < -0.4 is 27.4 Å². The predicted molar refractivity (Wildman–Crippen MR) is 136 cm³/mol.